The summed E-state index contributed by atoms with van der Waals surface area (Å²) < 4.78 is 13.5. The number of benzene rings is 2. The second-order valence-electron chi connectivity index (χ2n) is 6.18. The van der Waals surface area contributed by atoms with Crippen molar-refractivity contribution in [1.29, 1.82) is 0 Å². The summed E-state index contributed by atoms with van der Waals surface area (Å²) in [6.07, 6.45) is 9.42. The maximum absolute atomic E-state index is 13.5. The molecule has 0 unspecified atom stereocenters. The molecule has 1 aliphatic rings. The van der Waals surface area contributed by atoms with Gasteiger partial charge in [0.05, 0.1) is 0 Å². The molecule has 0 atom stereocenters. The van der Waals surface area contributed by atoms with Crippen molar-refractivity contribution in [2.75, 3.05) is 0 Å². The Kier molecular flexibility index (Phi) is 5.02. The SMILES string of the molecule is O=C(/C=C/c1ccccc1F)c1ccc(C2CCCCC2)cc1. The van der Waals surface area contributed by atoms with Crippen molar-refractivity contribution in [3.63, 3.8) is 0 Å². The van der Waals surface area contributed by atoms with Gasteiger partial charge >= 0.3 is 0 Å². The zero-order chi connectivity index (χ0) is 16.1. The molecule has 0 bridgehead atoms. The van der Waals surface area contributed by atoms with E-state index in [1.807, 2.05) is 12.1 Å². The molecule has 0 spiro atoms. The minimum atomic E-state index is -0.316. The molecule has 0 N–H and O–H groups in total. The number of ketones is 1. The predicted octanol–water partition coefficient (Wildman–Crippen LogP) is 5.77. The summed E-state index contributed by atoms with van der Waals surface area (Å²) >= 11 is 0. The molecule has 3 rings (SSSR count). The lowest BCUT2D eigenvalue weighted by Crippen LogP contribution is -2.05. The van der Waals surface area contributed by atoms with Crippen LogP contribution in [-0.4, -0.2) is 5.78 Å². The molecule has 2 aromatic carbocycles. The van der Waals surface area contributed by atoms with E-state index in [1.54, 1.807) is 18.2 Å². The molecule has 2 aromatic rings. The third-order valence-corrected chi connectivity index (χ3v) is 4.59. The van der Waals surface area contributed by atoms with Crippen molar-refractivity contribution in [3.8, 4) is 0 Å². The third-order valence-electron chi connectivity index (χ3n) is 4.59. The van der Waals surface area contributed by atoms with Crippen molar-refractivity contribution in [3.05, 3.63) is 77.1 Å². The minimum absolute atomic E-state index is 0.0940. The Labute approximate surface area is 136 Å². The van der Waals surface area contributed by atoms with Crippen LogP contribution in [0.25, 0.3) is 6.08 Å². The standard InChI is InChI=1S/C21H21FO/c22-20-9-5-4-8-18(20)14-15-21(23)19-12-10-17(11-13-19)16-6-2-1-3-7-16/h4-5,8-16H,1-3,6-7H2/b15-14+. The quantitative estimate of drug-likeness (QED) is 0.517. The molecule has 1 nitrogen and oxygen atoms in total. The summed E-state index contributed by atoms with van der Waals surface area (Å²) in [4.78, 5) is 12.2. The summed E-state index contributed by atoms with van der Waals surface area (Å²) in [5.74, 6) is 0.231. The van der Waals surface area contributed by atoms with Gasteiger partial charge in [-0.3, -0.25) is 4.79 Å². The molecule has 0 heterocycles. The summed E-state index contributed by atoms with van der Waals surface area (Å²) in [6.45, 7) is 0. The Hall–Kier alpha value is -2.22. The lowest BCUT2D eigenvalue weighted by Gasteiger charge is -2.21. The summed E-state index contributed by atoms with van der Waals surface area (Å²) in [7, 11) is 0. The predicted molar refractivity (Wildman–Crippen MR) is 92.0 cm³/mol. The molecular formula is C21H21FO. The zero-order valence-electron chi connectivity index (χ0n) is 13.2. The van der Waals surface area contributed by atoms with Gasteiger partial charge in [-0.1, -0.05) is 61.7 Å². The maximum atomic E-state index is 13.5. The van der Waals surface area contributed by atoms with Gasteiger partial charge in [0, 0.05) is 11.1 Å². The van der Waals surface area contributed by atoms with E-state index >= 15 is 0 Å². The summed E-state index contributed by atoms with van der Waals surface area (Å²) in [6, 6.07) is 14.4. The van der Waals surface area contributed by atoms with Gasteiger partial charge in [0.25, 0.3) is 0 Å². The molecule has 0 aliphatic heterocycles. The Morgan fingerprint density at radius 1 is 0.957 bits per heavy atom. The molecule has 0 radical (unpaired) electrons. The average molecular weight is 308 g/mol. The number of carbonyl (C=O) groups is 1. The largest absolute Gasteiger partial charge is 0.289 e. The normalized spacial score (nSPS) is 15.9. The highest BCUT2D eigenvalue weighted by molar-refractivity contribution is 6.06. The number of halogens is 1. The molecule has 1 fully saturated rings. The van der Waals surface area contributed by atoms with E-state index in [-0.39, 0.29) is 11.6 Å². The van der Waals surface area contributed by atoms with Crippen LogP contribution in [0.2, 0.25) is 0 Å². The fourth-order valence-electron chi connectivity index (χ4n) is 3.23. The van der Waals surface area contributed by atoms with Crippen LogP contribution >= 0.6 is 0 Å². The molecule has 0 saturated heterocycles. The fraction of sp³-hybridized carbons (Fsp3) is 0.286. The van der Waals surface area contributed by atoms with Gasteiger partial charge in [-0.05, 0) is 42.5 Å². The highest BCUT2D eigenvalue weighted by Gasteiger charge is 2.15. The van der Waals surface area contributed by atoms with E-state index in [4.69, 9.17) is 0 Å². The fourth-order valence-corrected chi connectivity index (χ4v) is 3.23. The van der Waals surface area contributed by atoms with Crippen LogP contribution in [0, 0.1) is 5.82 Å². The van der Waals surface area contributed by atoms with Crippen LogP contribution in [0.15, 0.2) is 54.6 Å². The first-order valence-electron chi connectivity index (χ1n) is 8.31. The highest BCUT2D eigenvalue weighted by Crippen LogP contribution is 2.32. The molecule has 0 amide bonds. The summed E-state index contributed by atoms with van der Waals surface area (Å²) in [5, 5.41) is 0. The van der Waals surface area contributed by atoms with Crippen molar-refractivity contribution in [2.24, 2.45) is 0 Å². The number of carbonyl (C=O) groups excluding carboxylic acids is 1. The van der Waals surface area contributed by atoms with Gasteiger partial charge in [-0.15, -0.1) is 0 Å². The van der Waals surface area contributed by atoms with E-state index in [1.165, 1.54) is 55.9 Å². The first-order valence-corrected chi connectivity index (χ1v) is 8.31. The van der Waals surface area contributed by atoms with Crippen LogP contribution in [0.5, 0.6) is 0 Å². The second-order valence-corrected chi connectivity index (χ2v) is 6.18. The molecular weight excluding hydrogens is 287 g/mol. The Morgan fingerprint density at radius 3 is 2.35 bits per heavy atom. The Morgan fingerprint density at radius 2 is 1.65 bits per heavy atom. The van der Waals surface area contributed by atoms with E-state index in [9.17, 15) is 9.18 Å². The summed E-state index contributed by atoms with van der Waals surface area (Å²) in [5.41, 5.74) is 2.41. The van der Waals surface area contributed by atoms with Gasteiger partial charge < -0.3 is 0 Å². The van der Waals surface area contributed by atoms with Gasteiger partial charge in [-0.2, -0.15) is 0 Å². The maximum Gasteiger partial charge on any atom is 0.185 e. The molecule has 118 valence electrons. The van der Waals surface area contributed by atoms with E-state index < -0.39 is 0 Å². The Bertz CT molecular complexity index is 694. The molecule has 1 aliphatic carbocycles. The van der Waals surface area contributed by atoms with Gasteiger partial charge in [0.2, 0.25) is 0 Å². The molecule has 1 saturated carbocycles. The van der Waals surface area contributed by atoms with Crippen molar-refractivity contribution >= 4 is 11.9 Å². The van der Waals surface area contributed by atoms with E-state index in [0.717, 1.165) is 0 Å². The average Bonchev–Trinajstić information content (AvgIpc) is 2.62. The van der Waals surface area contributed by atoms with Crippen LogP contribution in [0.1, 0.15) is 59.5 Å². The van der Waals surface area contributed by atoms with Crippen molar-refractivity contribution in [1.82, 2.24) is 0 Å². The molecule has 2 heteroatoms. The lowest BCUT2D eigenvalue weighted by atomic mass is 9.84. The number of rotatable bonds is 4. The van der Waals surface area contributed by atoms with Gasteiger partial charge in [0.1, 0.15) is 5.82 Å². The van der Waals surface area contributed by atoms with Crippen LogP contribution in [-0.2, 0) is 0 Å². The van der Waals surface area contributed by atoms with E-state index in [2.05, 4.69) is 12.1 Å². The zero-order valence-corrected chi connectivity index (χ0v) is 13.2. The van der Waals surface area contributed by atoms with Crippen molar-refractivity contribution in [2.45, 2.75) is 38.0 Å². The number of allylic oxidation sites excluding steroid dienone is 1. The smallest absolute Gasteiger partial charge is 0.185 e. The Balaban J connectivity index is 1.69. The number of hydrogen-bond donors (Lipinski definition) is 0. The topological polar surface area (TPSA) is 17.1 Å². The second kappa shape index (κ2) is 7.36. The first kappa shape index (κ1) is 15.7. The first-order chi connectivity index (χ1) is 11.2. The third kappa shape index (κ3) is 3.95. The van der Waals surface area contributed by atoms with E-state index in [0.29, 0.717) is 17.0 Å². The minimum Gasteiger partial charge on any atom is -0.289 e. The monoisotopic (exact) mass is 308 g/mol. The van der Waals surface area contributed by atoms with Crippen LogP contribution in [0.4, 0.5) is 4.39 Å². The lowest BCUT2D eigenvalue weighted by molar-refractivity contribution is 0.104. The molecule has 0 aromatic heterocycles. The van der Waals surface area contributed by atoms with Gasteiger partial charge in [0.15, 0.2) is 5.78 Å². The highest BCUT2D eigenvalue weighted by atomic mass is 19.1. The van der Waals surface area contributed by atoms with Crippen molar-refractivity contribution < 1.29 is 9.18 Å². The van der Waals surface area contributed by atoms with Gasteiger partial charge in [-0.25, -0.2) is 4.39 Å². The number of hydrogen-bond acceptors (Lipinski definition) is 1. The van der Waals surface area contributed by atoms with Crippen LogP contribution in [0.3, 0.4) is 0 Å². The molecule has 23 heavy (non-hydrogen) atoms. The van der Waals surface area contributed by atoms with Crippen LogP contribution < -0.4 is 0 Å².